The van der Waals surface area contributed by atoms with Crippen LogP contribution in [0.4, 0.5) is 5.69 Å². The second-order valence-corrected chi connectivity index (χ2v) is 5.91. The van der Waals surface area contributed by atoms with Crippen molar-refractivity contribution in [3.63, 3.8) is 0 Å². The summed E-state index contributed by atoms with van der Waals surface area (Å²) in [4.78, 5) is 23.7. The van der Waals surface area contributed by atoms with E-state index in [1.807, 2.05) is 31.2 Å². The van der Waals surface area contributed by atoms with Crippen molar-refractivity contribution >= 4 is 17.5 Å². The van der Waals surface area contributed by atoms with Gasteiger partial charge >= 0.3 is 0 Å². The maximum absolute atomic E-state index is 12.0. The van der Waals surface area contributed by atoms with Crippen molar-refractivity contribution in [2.75, 3.05) is 5.32 Å². The number of amides is 2. The van der Waals surface area contributed by atoms with Gasteiger partial charge in [-0.1, -0.05) is 17.3 Å². The van der Waals surface area contributed by atoms with E-state index in [0.717, 1.165) is 24.1 Å². The summed E-state index contributed by atoms with van der Waals surface area (Å²) in [6.07, 6.45) is 1.96. The van der Waals surface area contributed by atoms with Crippen LogP contribution in [0, 0.1) is 12.8 Å². The predicted molar refractivity (Wildman–Crippen MR) is 84.9 cm³/mol. The van der Waals surface area contributed by atoms with Gasteiger partial charge in [0.25, 0.3) is 5.91 Å². The number of hydrogen-bond acceptors (Lipinski definition) is 4. The van der Waals surface area contributed by atoms with E-state index in [4.69, 9.17) is 4.52 Å². The summed E-state index contributed by atoms with van der Waals surface area (Å²) in [5.41, 5.74) is 2.38. The first-order valence-electron chi connectivity index (χ1n) is 7.68. The van der Waals surface area contributed by atoms with Gasteiger partial charge in [-0.15, -0.1) is 0 Å². The summed E-state index contributed by atoms with van der Waals surface area (Å²) in [7, 11) is 0. The fraction of sp³-hybridized carbons (Fsp3) is 0.353. The first-order valence-corrected chi connectivity index (χ1v) is 7.68. The van der Waals surface area contributed by atoms with E-state index < -0.39 is 0 Å². The van der Waals surface area contributed by atoms with Gasteiger partial charge in [0, 0.05) is 17.7 Å². The normalized spacial score (nSPS) is 15.0. The van der Waals surface area contributed by atoms with Crippen LogP contribution in [0.1, 0.15) is 47.6 Å². The average molecular weight is 313 g/mol. The van der Waals surface area contributed by atoms with Crippen molar-refractivity contribution in [1.82, 2.24) is 10.5 Å². The van der Waals surface area contributed by atoms with Crippen LogP contribution in [-0.2, 0) is 4.79 Å². The molecule has 1 fully saturated rings. The minimum Gasteiger partial charge on any atom is -0.351 e. The lowest BCUT2D eigenvalue weighted by molar-refractivity contribution is -0.117. The zero-order valence-electron chi connectivity index (χ0n) is 13.1. The molecule has 1 aliphatic rings. The molecule has 1 aromatic heterocycles. The van der Waals surface area contributed by atoms with Crippen molar-refractivity contribution in [2.24, 2.45) is 5.92 Å². The van der Waals surface area contributed by atoms with Crippen molar-refractivity contribution < 1.29 is 14.1 Å². The smallest absolute Gasteiger partial charge is 0.290 e. The maximum Gasteiger partial charge on any atom is 0.290 e. The molecule has 1 heterocycles. The predicted octanol–water partition coefficient (Wildman–Crippen LogP) is 2.82. The van der Waals surface area contributed by atoms with Gasteiger partial charge < -0.3 is 15.2 Å². The second-order valence-electron chi connectivity index (χ2n) is 5.91. The second kappa shape index (κ2) is 6.24. The van der Waals surface area contributed by atoms with Crippen molar-refractivity contribution in [1.29, 1.82) is 0 Å². The van der Waals surface area contributed by atoms with Crippen LogP contribution < -0.4 is 10.6 Å². The molecule has 1 aromatic carbocycles. The number of aryl methyl sites for hydroxylation is 1. The molecule has 0 spiro atoms. The number of carbonyl (C=O) groups is 2. The van der Waals surface area contributed by atoms with E-state index >= 15 is 0 Å². The van der Waals surface area contributed by atoms with Crippen LogP contribution in [0.2, 0.25) is 0 Å². The van der Waals surface area contributed by atoms with Crippen molar-refractivity contribution in [2.45, 2.75) is 32.7 Å². The van der Waals surface area contributed by atoms with Crippen LogP contribution in [-0.4, -0.2) is 17.0 Å². The first-order chi connectivity index (χ1) is 11.0. The van der Waals surface area contributed by atoms with Gasteiger partial charge in [0.15, 0.2) is 0 Å². The Kier molecular flexibility index (Phi) is 4.14. The van der Waals surface area contributed by atoms with E-state index in [-0.39, 0.29) is 29.5 Å². The molecule has 23 heavy (non-hydrogen) atoms. The fourth-order valence-corrected chi connectivity index (χ4v) is 2.27. The minimum atomic E-state index is -0.302. The van der Waals surface area contributed by atoms with Gasteiger partial charge in [-0.3, -0.25) is 9.59 Å². The molecule has 120 valence electrons. The summed E-state index contributed by atoms with van der Waals surface area (Å²) in [5.74, 6) is 0.157. The standard InChI is InChI=1S/C17H19N3O3/c1-10-9-15(23-20-10)17(22)18-11(2)12-5-7-14(8-6-12)19-16(21)13-3-4-13/h5-9,11,13H,3-4H2,1-2H3,(H,18,22)(H,19,21)/t11-/m0/s1. The Hall–Kier alpha value is -2.63. The maximum atomic E-state index is 12.0. The van der Waals surface area contributed by atoms with Crippen LogP contribution >= 0.6 is 0 Å². The third-order valence-corrected chi connectivity index (χ3v) is 3.83. The minimum absolute atomic E-state index is 0.0831. The highest BCUT2D eigenvalue weighted by Gasteiger charge is 2.29. The highest BCUT2D eigenvalue weighted by molar-refractivity contribution is 5.94. The van der Waals surface area contributed by atoms with Gasteiger partial charge in [0.2, 0.25) is 11.7 Å². The number of anilines is 1. The number of hydrogen-bond donors (Lipinski definition) is 2. The Labute approximate surface area is 134 Å². The number of carbonyl (C=O) groups excluding carboxylic acids is 2. The molecule has 2 N–H and O–H groups in total. The Morgan fingerprint density at radius 1 is 1.26 bits per heavy atom. The molecular weight excluding hydrogens is 294 g/mol. The van der Waals surface area contributed by atoms with Gasteiger partial charge in [0.05, 0.1) is 11.7 Å². The van der Waals surface area contributed by atoms with Gasteiger partial charge in [0.1, 0.15) is 0 Å². The molecule has 1 saturated carbocycles. The van der Waals surface area contributed by atoms with Gasteiger partial charge in [-0.2, -0.15) is 0 Å². The highest BCUT2D eigenvalue weighted by Crippen LogP contribution is 2.30. The molecule has 3 rings (SSSR count). The monoisotopic (exact) mass is 313 g/mol. The molecular formula is C17H19N3O3. The first kappa shape index (κ1) is 15.3. The third-order valence-electron chi connectivity index (χ3n) is 3.83. The van der Waals surface area contributed by atoms with Crippen LogP contribution in [0.15, 0.2) is 34.9 Å². The Morgan fingerprint density at radius 2 is 1.96 bits per heavy atom. The number of rotatable bonds is 5. The van der Waals surface area contributed by atoms with E-state index in [2.05, 4.69) is 15.8 Å². The lowest BCUT2D eigenvalue weighted by Crippen LogP contribution is -2.26. The average Bonchev–Trinajstić information content (AvgIpc) is 3.29. The largest absolute Gasteiger partial charge is 0.351 e. The van der Waals surface area contributed by atoms with E-state index in [9.17, 15) is 9.59 Å². The number of nitrogens with one attached hydrogen (secondary N) is 2. The molecule has 2 amide bonds. The Balaban J connectivity index is 1.59. The lowest BCUT2D eigenvalue weighted by Gasteiger charge is -2.14. The molecule has 6 nitrogen and oxygen atoms in total. The Bertz CT molecular complexity index is 717. The van der Waals surface area contributed by atoms with E-state index in [1.54, 1.807) is 13.0 Å². The molecule has 0 bridgehead atoms. The van der Waals surface area contributed by atoms with E-state index in [0.29, 0.717) is 5.69 Å². The summed E-state index contributed by atoms with van der Waals surface area (Å²) >= 11 is 0. The lowest BCUT2D eigenvalue weighted by atomic mass is 10.1. The van der Waals surface area contributed by atoms with E-state index in [1.165, 1.54) is 0 Å². The summed E-state index contributed by atoms with van der Waals surface area (Å²) in [6, 6.07) is 8.88. The molecule has 0 radical (unpaired) electrons. The summed E-state index contributed by atoms with van der Waals surface area (Å²) in [6.45, 7) is 3.65. The zero-order valence-corrected chi connectivity index (χ0v) is 13.1. The fourth-order valence-electron chi connectivity index (χ4n) is 2.27. The Morgan fingerprint density at radius 3 is 2.52 bits per heavy atom. The molecule has 1 aliphatic carbocycles. The van der Waals surface area contributed by atoms with Crippen molar-refractivity contribution in [3.05, 3.63) is 47.3 Å². The summed E-state index contributed by atoms with van der Waals surface area (Å²) < 4.78 is 4.94. The summed E-state index contributed by atoms with van der Waals surface area (Å²) in [5, 5.41) is 9.44. The molecule has 1 atom stereocenters. The molecule has 2 aromatic rings. The quantitative estimate of drug-likeness (QED) is 0.889. The molecule has 6 heteroatoms. The SMILES string of the molecule is Cc1cc(C(=O)N[C@@H](C)c2ccc(NC(=O)C3CC3)cc2)on1. The number of benzene rings is 1. The number of nitrogens with zero attached hydrogens (tertiary/aromatic N) is 1. The zero-order chi connectivity index (χ0) is 16.4. The van der Waals surface area contributed by atoms with Crippen molar-refractivity contribution in [3.8, 4) is 0 Å². The molecule has 0 unspecified atom stereocenters. The van der Waals surface area contributed by atoms with Crippen LogP contribution in [0.25, 0.3) is 0 Å². The molecule has 0 aliphatic heterocycles. The van der Waals surface area contributed by atoms with Gasteiger partial charge in [-0.05, 0) is 44.4 Å². The topological polar surface area (TPSA) is 84.2 Å². The highest BCUT2D eigenvalue weighted by atomic mass is 16.5. The van der Waals surface area contributed by atoms with Crippen LogP contribution in [0.5, 0.6) is 0 Å². The molecule has 0 saturated heterocycles. The van der Waals surface area contributed by atoms with Gasteiger partial charge in [-0.25, -0.2) is 0 Å². The third kappa shape index (κ3) is 3.77. The number of aromatic nitrogens is 1. The van der Waals surface area contributed by atoms with Crippen LogP contribution in [0.3, 0.4) is 0 Å².